The molecule has 1 aliphatic rings. The quantitative estimate of drug-likeness (QED) is 0.414. The molecular formula is C19H16ClNO4S. The second-order valence-corrected chi connectivity index (χ2v) is 7.62. The third kappa shape index (κ3) is 4.62. The molecule has 0 aliphatic carbocycles. The molecule has 1 aromatic heterocycles. The SMILES string of the molecule is Cc1cc[n+](C2c3ccccc3Sc3ccccc32)cc1.[O-][Cl+3]([O-])([O-])[O-]. The fourth-order valence-corrected chi connectivity index (χ4v) is 4.02. The average Bonchev–Trinajstić information content (AvgIpc) is 2.59. The number of aromatic nitrogens is 1. The number of rotatable bonds is 1. The number of fused-ring (bicyclic) bond motifs is 2. The van der Waals surface area contributed by atoms with E-state index >= 15 is 0 Å². The van der Waals surface area contributed by atoms with Crippen molar-refractivity contribution in [3.63, 3.8) is 0 Å². The van der Waals surface area contributed by atoms with Crippen LogP contribution in [0.5, 0.6) is 0 Å². The molecule has 5 nitrogen and oxygen atoms in total. The van der Waals surface area contributed by atoms with Crippen LogP contribution < -0.4 is 23.2 Å². The third-order valence-electron chi connectivity index (χ3n) is 3.96. The van der Waals surface area contributed by atoms with Gasteiger partial charge in [0.25, 0.3) is 0 Å². The van der Waals surface area contributed by atoms with Crippen molar-refractivity contribution >= 4 is 11.8 Å². The zero-order valence-corrected chi connectivity index (χ0v) is 15.4. The first kappa shape index (κ1) is 18.8. The van der Waals surface area contributed by atoms with E-state index in [1.807, 2.05) is 11.8 Å². The van der Waals surface area contributed by atoms with Crippen molar-refractivity contribution in [2.75, 3.05) is 0 Å². The van der Waals surface area contributed by atoms with Crippen molar-refractivity contribution < 1.29 is 33.4 Å². The smallest absolute Gasteiger partial charge is 0.211 e. The highest BCUT2D eigenvalue weighted by Gasteiger charge is 2.32. The Balaban J connectivity index is 0.000000349. The minimum Gasteiger partial charge on any atom is -0.222 e. The Kier molecular flexibility index (Phi) is 5.62. The van der Waals surface area contributed by atoms with E-state index in [1.165, 1.54) is 26.5 Å². The molecule has 0 saturated carbocycles. The Bertz CT molecular complexity index is 845. The average molecular weight is 390 g/mol. The molecule has 1 aliphatic heterocycles. The van der Waals surface area contributed by atoms with Gasteiger partial charge in [0.1, 0.15) is 0 Å². The summed E-state index contributed by atoms with van der Waals surface area (Å²) in [6, 6.07) is 22.1. The minimum atomic E-state index is -4.94. The van der Waals surface area contributed by atoms with Crippen molar-refractivity contribution in [1.29, 1.82) is 0 Å². The molecule has 0 spiro atoms. The number of halogens is 1. The topological polar surface area (TPSA) is 96.1 Å². The van der Waals surface area contributed by atoms with Crippen LogP contribution >= 0.6 is 11.8 Å². The maximum absolute atomic E-state index is 8.49. The number of aryl methyl sites for hydroxylation is 1. The lowest BCUT2D eigenvalue weighted by Crippen LogP contribution is -2.68. The number of pyridine rings is 1. The largest absolute Gasteiger partial charge is 0.222 e. The predicted octanol–water partition coefficient (Wildman–Crippen LogP) is -0.371. The van der Waals surface area contributed by atoms with Gasteiger partial charge in [-0.25, -0.2) is 18.6 Å². The summed E-state index contributed by atoms with van der Waals surface area (Å²) in [7, 11) is -4.94. The summed E-state index contributed by atoms with van der Waals surface area (Å²) in [5, 5.41) is 0. The lowest BCUT2D eigenvalue weighted by molar-refractivity contribution is -2.00. The Morgan fingerprint density at radius 3 is 1.65 bits per heavy atom. The summed E-state index contributed by atoms with van der Waals surface area (Å²) >= 11 is 1.87. The molecule has 2 aromatic carbocycles. The van der Waals surface area contributed by atoms with Gasteiger partial charge in [0, 0.05) is 33.1 Å². The van der Waals surface area contributed by atoms with Gasteiger partial charge in [0.15, 0.2) is 12.4 Å². The summed E-state index contributed by atoms with van der Waals surface area (Å²) in [5.74, 6) is 0. The van der Waals surface area contributed by atoms with E-state index in [0.29, 0.717) is 0 Å². The molecule has 0 bridgehead atoms. The Hall–Kier alpha value is -1.93. The molecule has 0 radical (unpaired) electrons. The molecule has 0 N–H and O–H groups in total. The van der Waals surface area contributed by atoms with E-state index in [9.17, 15) is 0 Å². The second kappa shape index (κ2) is 7.75. The molecule has 3 aromatic rings. The molecule has 4 rings (SSSR count). The van der Waals surface area contributed by atoms with Crippen LogP contribution in [-0.2, 0) is 0 Å². The Morgan fingerprint density at radius 2 is 1.19 bits per heavy atom. The Morgan fingerprint density at radius 1 is 0.769 bits per heavy atom. The maximum atomic E-state index is 8.49. The van der Waals surface area contributed by atoms with Crippen molar-refractivity contribution in [1.82, 2.24) is 0 Å². The van der Waals surface area contributed by atoms with Crippen LogP contribution in [-0.4, -0.2) is 0 Å². The molecule has 0 saturated heterocycles. The van der Waals surface area contributed by atoms with Crippen molar-refractivity contribution in [2.24, 2.45) is 0 Å². The lowest BCUT2D eigenvalue weighted by atomic mass is 9.97. The van der Waals surface area contributed by atoms with Gasteiger partial charge in [-0.2, -0.15) is 4.57 Å². The standard InChI is InChI=1S/C19H16NS.ClHO4/c1-14-10-12-20(13-11-14)19-15-6-2-4-8-17(15)21-18-9-5-3-7-16(18)19;2-1(3,4)5/h2-13,19H,1H3;(H,2,3,4,5)/q+1;/p-1. The van der Waals surface area contributed by atoms with Gasteiger partial charge in [-0.1, -0.05) is 48.2 Å². The fourth-order valence-electron chi connectivity index (χ4n) is 2.89. The van der Waals surface area contributed by atoms with Crippen LogP contribution in [0.2, 0.25) is 0 Å². The van der Waals surface area contributed by atoms with Crippen LogP contribution in [0.3, 0.4) is 0 Å². The van der Waals surface area contributed by atoms with Crippen LogP contribution in [0.1, 0.15) is 22.7 Å². The maximum Gasteiger partial charge on any atom is 0.211 e. The summed E-state index contributed by atoms with van der Waals surface area (Å²) in [4.78, 5) is 2.71. The third-order valence-corrected chi connectivity index (χ3v) is 5.15. The van der Waals surface area contributed by atoms with E-state index in [-0.39, 0.29) is 6.04 Å². The van der Waals surface area contributed by atoms with E-state index < -0.39 is 10.2 Å². The first-order chi connectivity index (χ1) is 12.3. The summed E-state index contributed by atoms with van der Waals surface area (Å²) in [5.41, 5.74) is 4.06. The molecule has 7 heteroatoms. The van der Waals surface area contributed by atoms with Gasteiger partial charge >= 0.3 is 0 Å². The van der Waals surface area contributed by atoms with E-state index in [0.717, 1.165) is 0 Å². The zero-order chi connectivity index (χ0) is 18.7. The van der Waals surface area contributed by atoms with Crippen LogP contribution in [0.4, 0.5) is 0 Å². The second-order valence-electron chi connectivity index (χ2n) is 5.78. The zero-order valence-electron chi connectivity index (χ0n) is 13.9. The highest BCUT2D eigenvalue weighted by molar-refractivity contribution is 7.99. The van der Waals surface area contributed by atoms with Crippen LogP contribution in [0.15, 0.2) is 82.8 Å². The Labute approximate surface area is 157 Å². The van der Waals surface area contributed by atoms with E-state index in [1.54, 1.807) is 0 Å². The predicted molar refractivity (Wildman–Crippen MR) is 85.6 cm³/mol. The number of benzene rings is 2. The number of hydrogen-bond acceptors (Lipinski definition) is 5. The van der Waals surface area contributed by atoms with Crippen LogP contribution in [0, 0.1) is 17.2 Å². The van der Waals surface area contributed by atoms with Crippen molar-refractivity contribution in [3.8, 4) is 0 Å². The van der Waals surface area contributed by atoms with Gasteiger partial charge in [0.2, 0.25) is 6.04 Å². The highest BCUT2D eigenvalue weighted by Crippen LogP contribution is 2.44. The van der Waals surface area contributed by atoms with Gasteiger partial charge in [-0.15, -0.1) is 10.2 Å². The van der Waals surface area contributed by atoms with Gasteiger partial charge in [-0.05, 0) is 24.6 Å². The van der Waals surface area contributed by atoms with Gasteiger partial charge in [-0.3, -0.25) is 0 Å². The first-order valence-electron chi connectivity index (χ1n) is 7.78. The molecule has 26 heavy (non-hydrogen) atoms. The number of hydrogen-bond donors (Lipinski definition) is 0. The van der Waals surface area contributed by atoms with Crippen LogP contribution in [0.25, 0.3) is 0 Å². The van der Waals surface area contributed by atoms with Gasteiger partial charge < -0.3 is 0 Å². The normalized spacial score (nSPS) is 13.3. The number of nitrogens with zero attached hydrogens (tertiary/aromatic N) is 1. The van der Waals surface area contributed by atoms with Crippen molar-refractivity contribution in [2.45, 2.75) is 22.8 Å². The van der Waals surface area contributed by atoms with Gasteiger partial charge in [0.05, 0.1) is 0 Å². The monoisotopic (exact) mass is 389 g/mol. The molecule has 0 unspecified atom stereocenters. The molecule has 0 atom stereocenters. The van der Waals surface area contributed by atoms with E-state index in [4.69, 9.17) is 18.6 Å². The summed E-state index contributed by atoms with van der Waals surface area (Å²) in [6.07, 6.45) is 4.37. The summed E-state index contributed by atoms with van der Waals surface area (Å²) < 4.78 is 36.3. The highest BCUT2D eigenvalue weighted by atomic mass is 35.7. The molecule has 0 amide bonds. The molecule has 0 fully saturated rings. The molecule has 2 heterocycles. The van der Waals surface area contributed by atoms with E-state index in [2.05, 4.69) is 84.5 Å². The first-order valence-corrected chi connectivity index (χ1v) is 9.83. The molecule has 134 valence electrons. The summed E-state index contributed by atoms with van der Waals surface area (Å²) in [6.45, 7) is 2.13. The fraction of sp³-hybridized carbons (Fsp3) is 0.105. The lowest BCUT2D eigenvalue weighted by Gasteiger charge is -2.23. The minimum absolute atomic E-state index is 0.263. The van der Waals surface area contributed by atoms with Crippen molar-refractivity contribution in [3.05, 3.63) is 89.7 Å². The molecular weight excluding hydrogens is 374 g/mol.